The first kappa shape index (κ1) is 25.0. The maximum absolute atomic E-state index is 15.0. The molecule has 8 heteroatoms. The molecular weight excluding hydrogens is 492 g/mol. The molecule has 5 rings (SSSR count). The van der Waals surface area contributed by atoms with Crippen molar-refractivity contribution in [1.82, 2.24) is 0 Å². The van der Waals surface area contributed by atoms with Crippen LogP contribution in [-0.4, -0.2) is 30.5 Å². The number of Topliss-reactive ketones (excluding diaryl/α,β-unsaturated/α-hetero) is 1. The van der Waals surface area contributed by atoms with E-state index in [1.54, 1.807) is 49.4 Å². The summed E-state index contributed by atoms with van der Waals surface area (Å²) in [6, 6.07) is 18.5. The lowest BCUT2D eigenvalue weighted by molar-refractivity contribution is -0.132. The van der Waals surface area contributed by atoms with E-state index in [-0.39, 0.29) is 5.57 Å². The van der Waals surface area contributed by atoms with E-state index in [2.05, 4.69) is 0 Å². The van der Waals surface area contributed by atoms with Crippen LogP contribution in [0.5, 0.6) is 11.5 Å². The second kappa shape index (κ2) is 9.97. The molecule has 1 amide bonds. The van der Waals surface area contributed by atoms with Crippen molar-refractivity contribution in [3.8, 4) is 11.5 Å². The predicted molar refractivity (Wildman–Crippen MR) is 139 cm³/mol. The van der Waals surface area contributed by atoms with Gasteiger partial charge < -0.3 is 14.6 Å². The molecule has 0 spiro atoms. The lowest BCUT2D eigenvalue weighted by Crippen LogP contribution is -2.30. The fraction of sp³-hybridized carbons (Fsp3) is 0.133. The summed E-state index contributed by atoms with van der Waals surface area (Å²) in [4.78, 5) is 27.7. The fourth-order valence-corrected chi connectivity index (χ4v) is 4.78. The van der Waals surface area contributed by atoms with Gasteiger partial charge in [-0.25, -0.2) is 8.78 Å². The Labute approximate surface area is 217 Å². The zero-order valence-corrected chi connectivity index (χ0v) is 20.6. The highest BCUT2D eigenvalue weighted by Crippen LogP contribution is 2.45. The number of aliphatic hydroxyl groups is 1. The van der Waals surface area contributed by atoms with Crippen LogP contribution in [0.15, 0.2) is 84.4 Å². The minimum Gasteiger partial charge on any atom is -0.507 e. The van der Waals surface area contributed by atoms with Crippen molar-refractivity contribution in [3.05, 3.63) is 107 Å². The molecule has 1 heterocycles. The first-order chi connectivity index (χ1) is 18.3. The molecule has 6 nitrogen and oxygen atoms in total. The van der Waals surface area contributed by atoms with E-state index in [4.69, 9.17) is 9.47 Å². The first-order valence-electron chi connectivity index (χ1n) is 11.9. The Morgan fingerprint density at radius 2 is 1.71 bits per heavy atom. The van der Waals surface area contributed by atoms with E-state index in [0.29, 0.717) is 34.6 Å². The third-order valence-electron chi connectivity index (χ3n) is 6.46. The minimum absolute atomic E-state index is 0.261. The number of ketones is 1. The average molecular weight is 516 g/mol. The molecule has 1 atom stereocenters. The monoisotopic (exact) mass is 515 g/mol. The van der Waals surface area contributed by atoms with Crippen LogP contribution in [0.3, 0.4) is 0 Å². The molecule has 1 N–H and O–H groups in total. The SMILES string of the molecule is CCOc1cc(C2/C(=C(\O)c3cccc4ccccc34)C(=O)C(=O)N2c2cc(F)ccc2F)ccc1OC. The van der Waals surface area contributed by atoms with Crippen LogP contribution in [0, 0.1) is 11.6 Å². The number of nitrogens with zero attached hydrogens (tertiary/aromatic N) is 1. The van der Waals surface area contributed by atoms with Gasteiger partial charge in [-0.2, -0.15) is 0 Å². The summed E-state index contributed by atoms with van der Waals surface area (Å²) in [7, 11) is 1.46. The molecule has 192 valence electrons. The molecule has 0 aliphatic carbocycles. The van der Waals surface area contributed by atoms with Gasteiger partial charge in [0, 0.05) is 11.6 Å². The van der Waals surface area contributed by atoms with Crippen molar-refractivity contribution >= 4 is 33.9 Å². The second-order valence-corrected chi connectivity index (χ2v) is 8.63. The molecule has 38 heavy (non-hydrogen) atoms. The zero-order chi connectivity index (χ0) is 27.0. The Balaban J connectivity index is 1.81. The standard InChI is InChI=1S/C30H23F2NO5/c1-3-38-25-15-18(11-14-24(25)37-2)27-26(28(34)21-10-6-8-17-7-4-5-9-20(17)21)29(35)30(36)33(27)23-16-19(31)12-13-22(23)32/h4-16,27,34H,3H2,1-2H3/b28-26+. The van der Waals surface area contributed by atoms with Gasteiger partial charge in [-0.05, 0) is 47.5 Å². The van der Waals surface area contributed by atoms with Crippen molar-refractivity contribution in [2.24, 2.45) is 0 Å². The number of hydrogen-bond acceptors (Lipinski definition) is 5. The normalized spacial score (nSPS) is 16.7. The summed E-state index contributed by atoms with van der Waals surface area (Å²) >= 11 is 0. The van der Waals surface area contributed by atoms with Crippen molar-refractivity contribution in [3.63, 3.8) is 0 Å². The Hall–Kier alpha value is -4.72. The molecule has 0 radical (unpaired) electrons. The number of aliphatic hydroxyl groups excluding tert-OH is 1. The van der Waals surface area contributed by atoms with E-state index >= 15 is 0 Å². The number of anilines is 1. The van der Waals surface area contributed by atoms with E-state index in [0.717, 1.165) is 28.5 Å². The molecule has 4 aromatic carbocycles. The van der Waals surface area contributed by atoms with Crippen molar-refractivity contribution < 1.29 is 33.0 Å². The molecule has 1 aliphatic heterocycles. The van der Waals surface area contributed by atoms with Gasteiger partial charge in [-0.15, -0.1) is 0 Å². The highest BCUT2D eigenvalue weighted by atomic mass is 19.1. The van der Waals surface area contributed by atoms with Crippen molar-refractivity contribution in [2.45, 2.75) is 13.0 Å². The molecule has 1 aliphatic rings. The molecule has 1 fully saturated rings. The number of benzene rings is 4. The van der Waals surface area contributed by atoms with Crippen LogP contribution in [0.1, 0.15) is 24.1 Å². The lowest BCUT2D eigenvalue weighted by atomic mass is 9.93. The van der Waals surface area contributed by atoms with Crippen LogP contribution in [0.25, 0.3) is 16.5 Å². The summed E-state index contributed by atoms with van der Waals surface area (Å²) in [6.07, 6.45) is 0. The third-order valence-corrected chi connectivity index (χ3v) is 6.46. The highest BCUT2D eigenvalue weighted by Gasteiger charge is 2.48. The molecule has 0 aromatic heterocycles. The Morgan fingerprint density at radius 1 is 0.947 bits per heavy atom. The molecule has 1 unspecified atom stereocenters. The van der Waals surface area contributed by atoms with Crippen LogP contribution < -0.4 is 14.4 Å². The third kappa shape index (κ3) is 4.14. The number of amides is 1. The lowest BCUT2D eigenvalue weighted by Gasteiger charge is -2.26. The van der Waals surface area contributed by atoms with Gasteiger partial charge in [0.2, 0.25) is 0 Å². The van der Waals surface area contributed by atoms with Gasteiger partial charge in [0.25, 0.3) is 11.7 Å². The van der Waals surface area contributed by atoms with Gasteiger partial charge in [0.05, 0.1) is 31.0 Å². The van der Waals surface area contributed by atoms with Gasteiger partial charge in [0.1, 0.15) is 17.4 Å². The number of carbonyl (C=O) groups is 2. The Morgan fingerprint density at radius 3 is 2.47 bits per heavy atom. The van der Waals surface area contributed by atoms with Crippen LogP contribution in [0.2, 0.25) is 0 Å². The van der Waals surface area contributed by atoms with Gasteiger partial charge in [-0.3, -0.25) is 14.5 Å². The van der Waals surface area contributed by atoms with Crippen molar-refractivity contribution in [2.75, 3.05) is 18.6 Å². The van der Waals surface area contributed by atoms with E-state index < -0.39 is 40.8 Å². The smallest absolute Gasteiger partial charge is 0.300 e. The van der Waals surface area contributed by atoms with E-state index in [1.165, 1.54) is 7.11 Å². The molecule has 4 aromatic rings. The van der Waals surface area contributed by atoms with E-state index in [1.807, 2.05) is 18.2 Å². The highest BCUT2D eigenvalue weighted by molar-refractivity contribution is 6.51. The number of halogens is 2. The number of rotatable bonds is 6. The minimum atomic E-state index is -1.28. The largest absolute Gasteiger partial charge is 0.507 e. The molecule has 0 saturated carbocycles. The fourth-order valence-electron chi connectivity index (χ4n) is 4.78. The summed E-state index contributed by atoms with van der Waals surface area (Å²) in [5.41, 5.74) is -0.0336. The second-order valence-electron chi connectivity index (χ2n) is 8.63. The average Bonchev–Trinajstić information content (AvgIpc) is 3.19. The number of fused-ring (bicyclic) bond motifs is 1. The van der Waals surface area contributed by atoms with Crippen LogP contribution in [-0.2, 0) is 9.59 Å². The van der Waals surface area contributed by atoms with E-state index in [9.17, 15) is 23.5 Å². The number of methoxy groups -OCH3 is 1. The first-order valence-corrected chi connectivity index (χ1v) is 11.9. The molecule has 1 saturated heterocycles. The number of ether oxygens (including phenoxy) is 2. The molecular formula is C30H23F2NO5. The van der Waals surface area contributed by atoms with Crippen molar-refractivity contribution in [1.29, 1.82) is 0 Å². The zero-order valence-electron chi connectivity index (χ0n) is 20.6. The topological polar surface area (TPSA) is 76.1 Å². The summed E-state index contributed by atoms with van der Waals surface area (Å²) in [6.45, 7) is 2.08. The maximum Gasteiger partial charge on any atom is 0.300 e. The van der Waals surface area contributed by atoms with Crippen LogP contribution in [0.4, 0.5) is 14.5 Å². The Kier molecular flexibility index (Phi) is 6.55. The summed E-state index contributed by atoms with van der Waals surface area (Å²) in [5, 5.41) is 13.0. The maximum atomic E-state index is 15.0. The summed E-state index contributed by atoms with van der Waals surface area (Å²) < 4.78 is 40.2. The predicted octanol–water partition coefficient (Wildman–Crippen LogP) is 6.15. The Bertz CT molecular complexity index is 1610. The summed E-state index contributed by atoms with van der Waals surface area (Å²) in [5.74, 6) is -3.53. The van der Waals surface area contributed by atoms with Gasteiger partial charge in [-0.1, -0.05) is 48.5 Å². The van der Waals surface area contributed by atoms with Gasteiger partial charge >= 0.3 is 0 Å². The number of carbonyl (C=O) groups excluding carboxylic acids is 2. The number of hydrogen-bond donors (Lipinski definition) is 1. The van der Waals surface area contributed by atoms with Gasteiger partial charge in [0.15, 0.2) is 11.5 Å². The van der Waals surface area contributed by atoms with Crippen LogP contribution >= 0.6 is 0 Å². The quantitative estimate of drug-likeness (QED) is 0.189. The molecule has 0 bridgehead atoms.